The van der Waals surface area contributed by atoms with Crippen LogP contribution >= 0.6 is 23.2 Å². The minimum absolute atomic E-state index is 0.173. The van der Waals surface area contributed by atoms with Crippen molar-refractivity contribution in [1.29, 1.82) is 0 Å². The molecular weight excluding hydrogens is 425 g/mol. The second-order valence-corrected chi connectivity index (χ2v) is 6.59. The minimum Gasteiger partial charge on any atom is -0.482 e. The zero-order valence-corrected chi connectivity index (χ0v) is 16.9. The normalized spacial score (nSPS) is 12.5. The van der Waals surface area contributed by atoms with Crippen LogP contribution in [0.4, 0.5) is 0 Å². The van der Waals surface area contributed by atoms with E-state index in [1.54, 1.807) is 6.07 Å². The lowest BCUT2D eigenvalue weighted by Crippen LogP contribution is -2.16. The largest absolute Gasteiger partial charge is 0.482 e. The van der Waals surface area contributed by atoms with Crippen LogP contribution in [0.5, 0.6) is 17.2 Å². The fourth-order valence-electron chi connectivity index (χ4n) is 2.43. The number of fused-ring (bicyclic) bond motifs is 1. The van der Waals surface area contributed by atoms with Gasteiger partial charge in [-0.05, 0) is 43.4 Å². The highest BCUT2D eigenvalue weighted by atomic mass is 35.5. The molecule has 0 radical (unpaired) electrons. The Morgan fingerprint density at radius 2 is 1.86 bits per heavy atom. The first kappa shape index (κ1) is 22.6. The molecule has 1 aliphatic heterocycles. The van der Waals surface area contributed by atoms with Gasteiger partial charge in [-0.1, -0.05) is 35.3 Å². The highest BCUT2D eigenvalue weighted by Gasteiger charge is 2.22. The second-order valence-electron chi connectivity index (χ2n) is 5.77. The van der Waals surface area contributed by atoms with Crippen molar-refractivity contribution in [2.75, 3.05) is 20.4 Å². The Hall–Kier alpha value is -2.68. The second kappa shape index (κ2) is 10.8. The third-order valence-corrected chi connectivity index (χ3v) is 4.52. The van der Waals surface area contributed by atoms with Gasteiger partial charge in [0, 0.05) is 6.42 Å². The van der Waals surface area contributed by atoms with Crippen molar-refractivity contribution in [3.05, 3.63) is 52.0 Å². The summed E-state index contributed by atoms with van der Waals surface area (Å²) in [5.74, 6) is -1.65. The predicted octanol–water partition coefficient (Wildman–Crippen LogP) is 3.61. The van der Waals surface area contributed by atoms with E-state index in [9.17, 15) is 0 Å². The lowest BCUT2D eigenvalue weighted by Gasteiger charge is -2.21. The summed E-state index contributed by atoms with van der Waals surface area (Å²) in [5.41, 5.74) is 0.964. The van der Waals surface area contributed by atoms with E-state index in [2.05, 4.69) is 5.32 Å². The van der Waals surface area contributed by atoms with Crippen molar-refractivity contribution >= 4 is 35.1 Å². The van der Waals surface area contributed by atoms with Gasteiger partial charge in [-0.25, -0.2) is 9.59 Å². The fourth-order valence-corrected chi connectivity index (χ4v) is 2.74. The minimum atomic E-state index is -1.82. The molecule has 0 aliphatic carbocycles. The molecule has 0 bridgehead atoms. The van der Waals surface area contributed by atoms with Gasteiger partial charge in [0.15, 0.2) is 11.5 Å². The van der Waals surface area contributed by atoms with Crippen molar-refractivity contribution in [3.63, 3.8) is 0 Å². The quantitative estimate of drug-likeness (QED) is 0.579. The molecule has 10 heteroatoms. The van der Waals surface area contributed by atoms with Crippen molar-refractivity contribution in [1.82, 2.24) is 5.32 Å². The number of carbonyl (C=O) groups is 2. The maximum Gasteiger partial charge on any atom is 0.414 e. The van der Waals surface area contributed by atoms with Gasteiger partial charge in [0.25, 0.3) is 0 Å². The van der Waals surface area contributed by atoms with Crippen LogP contribution in [0.25, 0.3) is 0 Å². The van der Waals surface area contributed by atoms with Crippen molar-refractivity contribution in [2.45, 2.75) is 12.5 Å². The van der Waals surface area contributed by atoms with Gasteiger partial charge in [-0.15, -0.1) is 0 Å². The summed E-state index contributed by atoms with van der Waals surface area (Å²) in [6, 6.07) is 11.2. The van der Waals surface area contributed by atoms with Crippen LogP contribution in [0.2, 0.25) is 10.0 Å². The van der Waals surface area contributed by atoms with E-state index in [0.29, 0.717) is 27.3 Å². The van der Waals surface area contributed by atoms with Crippen LogP contribution in [0, 0.1) is 0 Å². The maximum absolute atomic E-state index is 9.10. The van der Waals surface area contributed by atoms with Gasteiger partial charge in [0.1, 0.15) is 6.10 Å². The zero-order valence-electron chi connectivity index (χ0n) is 15.4. The molecule has 3 N–H and O–H groups in total. The number of carboxylic acid groups (broad SMARTS) is 2. The number of benzene rings is 2. The molecule has 1 heterocycles. The number of nitrogens with one attached hydrogen (secondary N) is 1. The van der Waals surface area contributed by atoms with Gasteiger partial charge in [0.2, 0.25) is 12.5 Å². The lowest BCUT2D eigenvalue weighted by atomic mass is 10.1. The number of carboxylic acids is 2. The summed E-state index contributed by atoms with van der Waals surface area (Å²) in [6.07, 6.45) is 0.604. The highest BCUT2D eigenvalue weighted by Crippen LogP contribution is 2.42. The first-order chi connectivity index (χ1) is 13.8. The monoisotopic (exact) mass is 443 g/mol. The van der Waals surface area contributed by atoms with Crippen molar-refractivity contribution < 1.29 is 34.0 Å². The zero-order chi connectivity index (χ0) is 21.4. The van der Waals surface area contributed by atoms with E-state index in [0.717, 1.165) is 18.5 Å². The Bertz CT molecular complexity index is 864. The van der Waals surface area contributed by atoms with Crippen LogP contribution in [0.15, 0.2) is 36.4 Å². The van der Waals surface area contributed by atoms with Gasteiger partial charge in [0.05, 0.1) is 10.0 Å². The number of halogens is 2. The van der Waals surface area contributed by atoms with E-state index < -0.39 is 11.9 Å². The molecule has 1 aliphatic rings. The van der Waals surface area contributed by atoms with E-state index in [1.807, 2.05) is 37.4 Å². The number of ether oxygens (including phenoxy) is 3. The Morgan fingerprint density at radius 1 is 1.14 bits per heavy atom. The Morgan fingerprint density at radius 3 is 2.48 bits per heavy atom. The molecule has 2 aromatic rings. The average molecular weight is 444 g/mol. The summed E-state index contributed by atoms with van der Waals surface area (Å²) in [5, 5.41) is 19.0. The van der Waals surface area contributed by atoms with Gasteiger partial charge < -0.3 is 29.7 Å². The number of hydrogen-bond donors (Lipinski definition) is 3. The van der Waals surface area contributed by atoms with Crippen LogP contribution < -0.4 is 19.5 Å². The lowest BCUT2D eigenvalue weighted by molar-refractivity contribution is -0.159. The van der Waals surface area contributed by atoms with E-state index in [-0.39, 0.29) is 12.9 Å². The molecule has 3 rings (SSSR count). The molecule has 29 heavy (non-hydrogen) atoms. The van der Waals surface area contributed by atoms with Crippen LogP contribution in [0.1, 0.15) is 18.1 Å². The highest BCUT2D eigenvalue weighted by molar-refractivity contribution is 6.42. The Balaban J connectivity index is 0.000000438. The molecular formula is C19H19Cl2NO7. The summed E-state index contributed by atoms with van der Waals surface area (Å²) in [6.45, 7) is 1.01. The summed E-state index contributed by atoms with van der Waals surface area (Å²) in [7, 11) is 1.91. The molecule has 8 nitrogen and oxygen atoms in total. The van der Waals surface area contributed by atoms with E-state index in [4.69, 9.17) is 57.2 Å². The number of aliphatic carboxylic acids is 2. The van der Waals surface area contributed by atoms with Crippen molar-refractivity contribution in [3.8, 4) is 17.2 Å². The smallest absolute Gasteiger partial charge is 0.414 e. The number of para-hydroxylation sites is 1. The fraction of sp³-hybridized carbons (Fsp3) is 0.263. The topological polar surface area (TPSA) is 114 Å². The number of hydrogen-bond acceptors (Lipinski definition) is 6. The molecule has 0 aromatic heterocycles. The molecule has 0 saturated heterocycles. The maximum atomic E-state index is 9.10. The molecule has 0 spiro atoms. The van der Waals surface area contributed by atoms with Crippen LogP contribution in [0.3, 0.4) is 0 Å². The Kier molecular flexibility index (Phi) is 8.38. The summed E-state index contributed by atoms with van der Waals surface area (Å²) in [4.78, 5) is 18.2. The third-order valence-electron chi connectivity index (χ3n) is 3.78. The summed E-state index contributed by atoms with van der Waals surface area (Å²) < 4.78 is 17.1. The molecule has 2 aromatic carbocycles. The SMILES string of the molecule is CNCCC(Oc1cccc2c1OCO2)c1ccc(Cl)c(Cl)c1.O=C(O)C(=O)O. The molecule has 1 atom stereocenters. The summed E-state index contributed by atoms with van der Waals surface area (Å²) >= 11 is 12.1. The van der Waals surface area contributed by atoms with Gasteiger partial charge in [-0.3, -0.25) is 0 Å². The van der Waals surface area contributed by atoms with E-state index in [1.165, 1.54) is 0 Å². The number of rotatable bonds is 6. The predicted molar refractivity (Wildman–Crippen MR) is 106 cm³/mol. The van der Waals surface area contributed by atoms with Crippen LogP contribution in [-0.2, 0) is 9.59 Å². The molecule has 156 valence electrons. The standard InChI is InChI=1S/C17H17Cl2NO3.C2H2O4/c1-20-8-7-14(11-5-6-12(18)13(19)9-11)23-16-4-2-3-15-17(16)22-10-21-15;3-1(4)2(5)6/h2-6,9,14,20H,7-8,10H2,1H3;(H,3,4)(H,5,6). The van der Waals surface area contributed by atoms with E-state index >= 15 is 0 Å². The molecule has 0 fully saturated rings. The third kappa shape index (κ3) is 6.42. The first-order valence-electron chi connectivity index (χ1n) is 8.44. The van der Waals surface area contributed by atoms with Crippen molar-refractivity contribution in [2.24, 2.45) is 0 Å². The van der Waals surface area contributed by atoms with Gasteiger partial charge in [-0.2, -0.15) is 0 Å². The first-order valence-corrected chi connectivity index (χ1v) is 9.20. The Labute approximate surface area is 176 Å². The van der Waals surface area contributed by atoms with Gasteiger partial charge >= 0.3 is 11.9 Å². The molecule has 0 amide bonds. The average Bonchev–Trinajstić information content (AvgIpc) is 3.17. The molecule has 1 unspecified atom stereocenters. The molecule has 0 saturated carbocycles. The van der Waals surface area contributed by atoms with Crippen LogP contribution in [-0.4, -0.2) is 42.5 Å².